The van der Waals surface area contributed by atoms with Gasteiger partial charge in [0.15, 0.2) is 11.5 Å². The first kappa shape index (κ1) is 11.2. The number of hydrogen-bond acceptors (Lipinski definition) is 4. The molecule has 0 saturated heterocycles. The number of benzene rings is 1. The minimum Gasteiger partial charge on any atom is -0.493 e. The van der Waals surface area contributed by atoms with Gasteiger partial charge in [0.2, 0.25) is 0 Å². The Bertz CT molecular complexity index is 289. The second-order valence-corrected chi connectivity index (χ2v) is 2.95. The molecule has 0 spiro atoms. The normalized spacial score (nSPS) is 9.93. The van der Waals surface area contributed by atoms with Gasteiger partial charge in [0, 0.05) is 7.11 Å². The van der Waals surface area contributed by atoms with E-state index in [4.69, 9.17) is 14.2 Å². The Morgan fingerprint density at radius 2 is 2.00 bits per heavy atom. The summed E-state index contributed by atoms with van der Waals surface area (Å²) < 4.78 is 15.4. The van der Waals surface area contributed by atoms with Crippen LogP contribution in [0.15, 0.2) is 18.2 Å². The van der Waals surface area contributed by atoms with E-state index in [0.717, 1.165) is 5.56 Å². The van der Waals surface area contributed by atoms with Crippen molar-refractivity contribution in [3.05, 3.63) is 23.8 Å². The Morgan fingerprint density at radius 3 is 2.57 bits per heavy atom. The third-order valence-corrected chi connectivity index (χ3v) is 1.89. The van der Waals surface area contributed by atoms with Gasteiger partial charge in [0.05, 0.1) is 13.7 Å². The van der Waals surface area contributed by atoms with Crippen molar-refractivity contribution in [1.82, 2.24) is 0 Å². The minimum absolute atomic E-state index is 0.333. The van der Waals surface area contributed by atoms with Crippen LogP contribution in [0.5, 0.6) is 11.5 Å². The van der Waals surface area contributed by atoms with Crippen LogP contribution in [0, 0.1) is 0 Å². The van der Waals surface area contributed by atoms with Crippen LogP contribution >= 0.6 is 12.6 Å². The number of ether oxygens (including phenoxy) is 3. The molecule has 3 nitrogen and oxygen atoms in total. The van der Waals surface area contributed by atoms with Crippen LogP contribution in [0.3, 0.4) is 0 Å². The molecule has 0 amide bonds. The molecule has 0 bridgehead atoms. The standard InChI is InChI=1S/C10H14O3S/c1-11-6-8-3-4-9(13-7-14)10(5-8)12-2/h3-5,14H,6-7H2,1-2H3. The molecule has 0 aliphatic rings. The van der Waals surface area contributed by atoms with Crippen molar-refractivity contribution in [2.24, 2.45) is 0 Å². The van der Waals surface area contributed by atoms with E-state index in [2.05, 4.69) is 12.6 Å². The van der Waals surface area contributed by atoms with Crippen LogP contribution in [0.2, 0.25) is 0 Å². The zero-order chi connectivity index (χ0) is 10.4. The summed E-state index contributed by atoms with van der Waals surface area (Å²) in [4.78, 5) is 0. The van der Waals surface area contributed by atoms with E-state index in [0.29, 0.717) is 24.0 Å². The van der Waals surface area contributed by atoms with E-state index < -0.39 is 0 Å². The van der Waals surface area contributed by atoms with Gasteiger partial charge in [-0.1, -0.05) is 6.07 Å². The summed E-state index contributed by atoms with van der Waals surface area (Å²) in [5.74, 6) is 1.73. The molecule has 0 radical (unpaired) electrons. The highest BCUT2D eigenvalue weighted by atomic mass is 32.1. The lowest BCUT2D eigenvalue weighted by Gasteiger charge is -2.10. The third-order valence-electron chi connectivity index (χ3n) is 1.76. The summed E-state index contributed by atoms with van der Waals surface area (Å²) in [5, 5.41) is 0. The van der Waals surface area contributed by atoms with Gasteiger partial charge in [0.1, 0.15) is 5.94 Å². The zero-order valence-corrected chi connectivity index (χ0v) is 9.21. The SMILES string of the molecule is COCc1ccc(OCS)c(OC)c1. The summed E-state index contributed by atoms with van der Waals surface area (Å²) in [6, 6.07) is 5.68. The topological polar surface area (TPSA) is 27.7 Å². The Hall–Kier alpha value is -0.870. The fourth-order valence-electron chi connectivity index (χ4n) is 1.16. The fourth-order valence-corrected chi connectivity index (χ4v) is 1.30. The maximum atomic E-state index is 5.26. The summed E-state index contributed by atoms with van der Waals surface area (Å²) in [7, 11) is 3.27. The zero-order valence-electron chi connectivity index (χ0n) is 8.32. The molecule has 1 aromatic carbocycles. The molecule has 0 heterocycles. The molecular formula is C10H14O3S. The van der Waals surface area contributed by atoms with E-state index in [1.165, 1.54) is 0 Å². The van der Waals surface area contributed by atoms with Gasteiger partial charge >= 0.3 is 0 Å². The van der Waals surface area contributed by atoms with Crippen molar-refractivity contribution in [2.75, 3.05) is 20.2 Å². The molecule has 0 fully saturated rings. The summed E-state index contributed by atoms with van der Waals surface area (Å²) in [6.07, 6.45) is 0. The Balaban J connectivity index is 2.87. The molecule has 0 atom stereocenters. The predicted octanol–water partition coefficient (Wildman–Crippen LogP) is 2.11. The molecular weight excluding hydrogens is 200 g/mol. The lowest BCUT2D eigenvalue weighted by atomic mass is 10.2. The van der Waals surface area contributed by atoms with Gasteiger partial charge < -0.3 is 14.2 Å². The molecule has 78 valence electrons. The largest absolute Gasteiger partial charge is 0.493 e. The minimum atomic E-state index is 0.333. The van der Waals surface area contributed by atoms with Gasteiger partial charge in [-0.2, -0.15) is 0 Å². The molecule has 4 heteroatoms. The maximum Gasteiger partial charge on any atom is 0.162 e. The van der Waals surface area contributed by atoms with Crippen molar-refractivity contribution in [1.29, 1.82) is 0 Å². The van der Waals surface area contributed by atoms with Crippen LogP contribution in [-0.2, 0) is 11.3 Å². The van der Waals surface area contributed by atoms with Crippen LogP contribution in [-0.4, -0.2) is 20.2 Å². The Kier molecular flexibility index (Phi) is 4.62. The molecule has 0 aromatic heterocycles. The molecule has 0 aliphatic heterocycles. The number of rotatable bonds is 5. The van der Waals surface area contributed by atoms with Crippen molar-refractivity contribution in [3.63, 3.8) is 0 Å². The van der Waals surface area contributed by atoms with E-state index in [9.17, 15) is 0 Å². The molecule has 1 rings (SSSR count). The summed E-state index contributed by atoms with van der Waals surface area (Å²) in [5.41, 5.74) is 1.05. The molecule has 14 heavy (non-hydrogen) atoms. The van der Waals surface area contributed by atoms with Crippen molar-refractivity contribution >= 4 is 12.6 Å². The van der Waals surface area contributed by atoms with E-state index in [-0.39, 0.29) is 0 Å². The van der Waals surface area contributed by atoms with Crippen molar-refractivity contribution < 1.29 is 14.2 Å². The second-order valence-electron chi connectivity index (χ2n) is 2.69. The fraction of sp³-hybridized carbons (Fsp3) is 0.400. The monoisotopic (exact) mass is 214 g/mol. The molecule has 0 saturated carbocycles. The Labute approximate surface area is 89.4 Å². The van der Waals surface area contributed by atoms with Crippen LogP contribution < -0.4 is 9.47 Å². The maximum absolute atomic E-state index is 5.26. The van der Waals surface area contributed by atoms with Crippen molar-refractivity contribution in [2.45, 2.75) is 6.61 Å². The molecule has 0 unspecified atom stereocenters. The molecule has 0 N–H and O–H groups in total. The average Bonchev–Trinajstić information content (AvgIpc) is 2.21. The van der Waals surface area contributed by atoms with E-state index in [1.807, 2.05) is 18.2 Å². The number of thiol groups is 1. The quantitative estimate of drug-likeness (QED) is 0.601. The summed E-state index contributed by atoms with van der Waals surface area (Å²) >= 11 is 3.98. The Morgan fingerprint density at radius 1 is 1.21 bits per heavy atom. The van der Waals surface area contributed by atoms with E-state index in [1.54, 1.807) is 14.2 Å². The highest BCUT2D eigenvalue weighted by molar-refractivity contribution is 7.80. The highest BCUT2D eigenvalue weighted by Gasteiger charge is 2.04. The highest BCUT2D eigenvalue weighted by Crippen LogP contribution is 2.28. The number of methoxy groups -OCH3 is 2. The van der Waals surface area contributed by atoms with Crippen LogP contribution in [0.4, 0.5) is 0 Å². The first-order chi connectivity index (χ1) is 6.81. The third kappa shape index (κ3) is 2.82. The van der Waals surface area contributed by atoms with Gasteiger partial charge in [-0.3, -0.25) is 0 Å². The van der Waals surface area contributed by atoms with Gasteiger partial charge in [-0.15, -0.1) is 12.6 Å². The second kappa shape index (κ2) is 5.78. The molecule has 0 aliphatic carbocycles. The molecule has 1 aromatic rings. The summed E-state index contributed by atoms with van der Waals surface area (Å²) in [6.45, 7) is 0.567. The average molecular weight is 214 g/mol. The smallest absolute Gasteiger partial charge is 0.162 e. The number of hydrogen-bond donors (Lipinski definition) is 1. The van der Waals surface area contributed by atoms with Crippen LogP contribution in [0.25, 0.3) is 0 Å². The lowest BCUT2D eigenvalue weighted by molar-refractivity contribution is 0.184. The first-order valence-electron chi connectivity index (χ1n) is 4.21. The van der Waals surface area contributed by atoms with Gasteiger partial charge in [-0.05, 0) is 17.7 Å². The van der Waals surface area contributed by atoms with E-state index >= 15 is 0 Å². The first-order valence-corrected chi connectivity index (χ1v) is 4.84. The lowest BCUT2D eigenvalue weighted by Crippen LogP contribution is -1.95. The van der Waals surface area contributed by atoms with Crippen LogP contribution in [0.1, 0.15) is 5.56 Å². The van der Waals surface area contributed by atoms with Gasteiger partial charge in [0.25, 0.3) is 0 Å². The predicted molar refractivity (Wildman–Crippen MR) is 58.2 cm³/mol. The van der Waals surface area contributed by atoms with Gasteiger partial charge in [-0.25, -0.2) is 0 Å². The van der Waals surface area contributed by atoms with Crippen molar-refractivity contribution in [3.8, 4) is 11.5 Å².